The van der Waals surface area contributed by atoms with E-state index in [-0.39, 0.29) is 36.7 Å². The van der Waals surface area contributed by atoms with Crippen LogP contribution in [0.5, 0.6) is 46.0 Å². The smallest absolute Gasteiger partial charge is 0.358 e. The summed E-state index contributed by atoms with van der Waals surface area (Å²) in [6.07, 6.45) is 2.10. The zero-order chi connectivity index (χ0) is 57.0. The lowest BCUT2D eigenvalue weighted by atomic mass is 9.90. The zero-order valence-corrected chi connectivity index (χ0v) is 49.4. The molecular formula is C69H72O10SSi. The summed E-state index contributed by atoms with van der Waals surface area (Å²) >= 11 is 5.96. The number of hydrogen-bond donors (Lipinski definition) is 0. The maximum atomic E-state index is 7.64. The van der Waals surface area contributed by atoms with Gasteiger partial charge in [0, 0.05) is 35.8 Å². The molecule has 0 spiro atoms. The highest BCUT2D eigenvalue weighted by Gasteiger charge is 2.50. The Hall–Kier alpha value is -8.21. The Morgan fingerprint density at radius 1 is 0.481 bits per heavy atom. The third-order valence-electron chi connectivity index (χ3n) is 14.0. The fraction of sp³-hybridized carbons (Fsp3) is 0.261. The summed E-state index contributed by atoms with van der Waals surface area (Å²) < 4.78 is 64.8. The summed E-state index contributed by atoms with van der Waals surface area (Å²) in [5, 5.41) is 1.99. The van der Waals surface area contributed by atoms with Gasteiger partial charge in [-0.05, 0) is 131 Å². The predicted octanol–water partition coefficient (Wildman–Crippen LogP) is 15.2. The third-order valence-corrected chi connectivity index (χ3v) is 19.1. The van der Waals surface area contributed by atoms with Crippen LogP contribution in [-0.4, -0.2) is 42.0 Å². The highest BCUT2D eigenvalue weighted by molar-refractivity contribution is 7.79. The van der Waals surface area contributed by atoms with Crippen molar-refractivity contribution in [3.05, 3.63) is 216 Å². The molecule has 0 aliphatic carbocycles. The van der Waals surface area contributed by atoms with Gasteiger partial charge in [-0.25, -0.2) is 0 Å². The molecule has 8 aromatic carbocycles. The number of benzene rings is 8. The first-order chi connectivity index (χ1) is 39.4. The van der Waals surface area contributed by atoms with Crippen LogP contribution in [0.4, 0.5) is 0 Å². The fourth-order valence-electron chi connectivity index (χ4n) is 9.86. The second-order valence-electron chi connectivity index (χ2n) is 20.4. The van der Waals surface area contributed by atoms with Gasteiger partial charge in [0.1, 0.15) is 71.9 Å². The molecule has 0 aromatic heterocycles. The molecule has 1 unspecified atom stereocenters. The number of thiocarbonyl (C=S) groups is 1. The predicted molar refractivity (Wildman–Crippen MR) is 328 cm³/mol. The number of para-hydroxylation sites is 1. The van der Waals surface area contributed by atoms with Gasteiger partial charge in [0.25, 0.3) is 8.32 Å². The molecule has 0 saturated heterocycles. The average Bonchev–Trinajstić information content (AvgIpc) is 3.54. The van der Waals surface area contributed by atoms with Crippen molar-refractivity contribution in [2.45, 2.75) is 90.9 Å². The molecule has 12 heteroatoms. The van der Waals surface area contributed by atoms with E-state index < -0.39 is 14.4 Å². The quantitative estimate of drug-likeness (QED) is 0.0225. The Balaban J connectivity index is 1.36. The number of rotatable bonds is 26. The largest absolute Gasteiger partial charge is 0.497 e. The molecule has 1 atom stereocenters. The first-order valence-corrected chi connectivity index (χ1v) is 29.5. The Labute approximate surface area is 484 Å². The Kier molecular flexibility index (Phi) is 20.9. The van der Waals surface area contributed by atoms with E-state index in [0.717, 1.165) is 69.1 Å². The summed E-state index contributed by atoms with van der Waals surface area (Å²) in [7, 11) is 3.57. The zero-order valence-electron chi connectivity index (χ0n) is 47.6. The van der Waals surface area contributed by atoms with Crippen LogP contribution in [0.3, 0.4) is 0 Å². The molecule has 8 aromatic rings. The van der Waals surface area contributed by atoms with Gasteiger partial charge in [-0.2, -0.15) is 0 Å². The van der Waals surface area contributed by atoms with Gasteiger partial charge in [-0.1, -0.05) is 136 Å². The summed E-state index contributed by atoms with van der Waals surface area (Å²) in [4.78, 5) is 0. The van der Waals surface area contributed by atoms with Gasteiger partial charge < -0.3 is 47.1 Å². The number of methoxy groups -OCH3 is 4. The van der Waals surface area contributed by atoms with E-state index in [4.69, 9.17) is 59.3 Å². The first-order valence-electron chi connectivity index (χ1n) is 27.2. The minimum absolute atomic E-state index is 0.0446. The molecule has 0 radical (unpaired) electrons. The van der Waals surface area contributed by atoms with Gasteiger partial charge in [0.05, 0.1) is 40.6 Å². The molecule has 418 valence electrons. The fourth-order valence-corrected chi connectivity index (χ4v) is 14.6. The van der Waals surface area contributed by atoms with Crippen molar-refractivity contribution in [2.75, 3.05) is 28.4 Å². The van der Waals surface area contributed by atoms with Crippen LogP contribution in [0.25, 0.3) is 11.1 Å². The van der Waals surface area contributed by atoms with Crippen LogP contribution in [0.2, 0.25) is 5.04 Å². The van der Waals surface area contributed by atoms with Crippen LogP contribution in [0.1, 0.15) is 87.3 Å². The summed E-state index contributed by atoms with van der Waals surface area (Å²) in [6.45, 7) is 9.57. The lowest BCUT2D eigenvalue weighted by Gasteiger charge is -2.43. The van der Waals surface area contributed by atoms with E-state index >= 15 is 0 Å². The van der Waals surface area contributed by atoms with Crippen molar-refractivity contribution in [2.24, 2.45) is 0 Å². The monoisotopic (exact) mass is 1120 g/mol. The van der Waals surface area contributed by atoms with E-state index in [1.807, 2.05) is 122 Å². The molecule has 0 N–H and O–H groups in total. The molecule has 0 saturated carbocycles. The van der Waals surface area contributed by atoms with Crippen molar-refractivity contribution in [1.82, 2.24) is 0 Å². The summed E-state index contributed by atoms with van der Waals surface area (Å²) in [5.41, 5.74) is 5.62. The van der Waals surface area contributed by atoms with Crippen LogP contribution < -0.4 is 48.3 Å². The van der Waals surface area contributed by atoms with Crippen molar-refractivity contribution in [3.63, 3.8) is 0 Å². The average molecular weight is 1120 g/mol. The second kappa shape index (κ2) is 28.8. The maximum absolute atomic E-state index is 7.64. The molecule has 8 rings (SSSR count). The first kappa shape index (κ1) is 58.9. The van der Waals surface area contributed by atoms with E-state index in [9.17, 15) is 0 Å². The van der Waals surface area contributed by atoms with Gasteiger partial charge in [0.15, 0.2) is 0 Å². The van der Waals surface area contributed by atoms with Crippen molar-refractivity contribution in [3.8, 4) is 69.0 Å². The number of unbranched alkanes of at least 4 members (excludes halogenated alkanes) is 2. The number of hydrogen-bond acceptors (Lipinski definition) is 11. The van der Waals surface area contributed by atoms with E-state index in [1.165, 1.54) is 0 Å². The molecule has 0 heterocycles. The maximum Gasteiger partial charge on any atom is 0.358 e. The van der Waals surface area contributed by atoms with Crippen LogP contribution in [0, 0.1) is 11.8 Å². The Morgan fingerprint density at radius 2 is 0.963 bits per heavy atom. The highest BCUT2D eigenvalue weighted by Crippen LogP contribution is 2.51. The molecule has 0 amide bonds. The van der Waals surface area contributed by atoms with Gasteiger partial charge in [-0.3, -0.25) is 0 Å². The standard InChI is InChI=1S/C69H72O10SSi/c1-9-10-11-12-22-29-62(79-68(80)78-57-23-16-13-17-24-57)61-44-58(74-46-50-30-36-54(70-5)37-31-50)45-63(73-8)66(61)67-64(75-47-51-32-38-55(71-6)39-33-51)42-53(43-65(67)76-48-52-34-40-56(72-7)41-35-52)49-77-81(69(2,3)4,59-25-18-14-19-26-59)60-27-20-15-21-28-60/h13-21,23-28,30-45,62H,11-12,22,29,46-49H2,1-8H3. The molecule has 0 aliphatic heterocycles. The Morgan fingerprint density at radius 3 is 1.42 bits per heavy atom. The number of ether oxygens (including phenoxy) is 9. The minimum Gasteiger partial charge on any atom is -0.497 e. The van der Waals surface area contributed by atoms with Crippen molar-refractivity contribution >= 4 is 36.1 Å². The Bertz CT molecular complexity index is 3210. The lowest BCUT2D eigenvalue weighted by Crippen LogP contribution is -2.66. The minimum atomic E-state index is -3.05. The third kappa shape index (κ3) is 15.4. The van der Waals surface area contributed by atoms with Crippen LogP contribution in [-0.2, 0) is 35.6 Å². The van der Waals surface area contributed by atoms with Crippen LogP contribution >= 0.6 is 12.2 Å². The van der Waals surface area contributed by atoms with Crippen LogP contribution in [0.15, 0.2) is 188 Å². The van der Waals surface area contributed by atoms with E-state index in [2.05, 4.69) is 105 Å². The summed E-state index contributed by atoms with van der Waals surface area (Å²) in [6, 6.07) is 62.2. The topological polar surface area (TPSA) is 92.3 Å². The summed E-state index contributed by atoms with van der Waals surface area (Å²) in [5.74, 6) is 11.1. The van der Waals surface area contributed by atoms with Crippen molar-refractivity contribution < 1.29 is 47.1 Å². The molecular weight excluding hydrogens is 1050 g/mol. The SMILES string of the molecule is CC#CCCCCC(OC(=S)Oc1ccccc1)c1cc(OCc2ccc(OC)cc2)cc(OC)c1-c1c(OCc2ccc(OC)cc2)cc(CO[Si](c2ccccc2)(c2ccccc2)C(C)(C)C)cc1OCc1ccc(OC)cc1. The molecule has 0 bridgehead atoms. The van der Waals surface area contributed by atoms with E-state index in [0.29, 0.717) is 51.9 Å². The van der Waals surface area contributed by atoms with Gasteiger partial charge >= 0.3 is 5.24 Å². The molecule has 0 fully saturated rings. The van der Waals surface area contributed by atoms with E-state index in [1.54, 1.807) is 28.4 Å². The van der Waals surface area contributed by atoms with Gasteiger partial charge in [-0.15, -0.1) is 11.8 Å². The van der Waals surface area contributed by atoms with Crippen molar-refractivity contribution in [1.29, 1.82) is 0 Å². The molecule has 10 nitrogen and oxygen atoms in total. The molecule has 81 heavy (non-hydrogen) atoms. The normalized spacial score (nSPS) is 11.6. The molecule has 0 aliphatic rings. The second-order valence-corrected chi connectivity index (χ2v) is 25.0. The van der Waals surface area contributed by atoms with Gasteiger partial charge in [0.2, 0.25) is 0 Å². The highest BCUT2D eigenvalue weighted by atomic mass is 32.1. The lowest BCUT2D eigenvalue weighted by molar-refractivity contribution is 0.145.